The molecule has 5 heteroatoms. The van der Waals surface area contributed by atoms with E-state index in [2.05, 4.69) is 32.5 Å². The van der Waals surface area contributed by atoms with Crippen LogP contribution in [-0.4, -0.2) is 12.6 Å². The van der Waals surface area contributed by atoms with Gasteiger partial charge < -0.3 is 4.74 Å². The van der Waals surface area contributed by atoms with Gasteiger partial charge in [-0.15, -0.1) is 0 Å². The van der Waals surface area contributed by atoms with E-state index in [4.69, 9.17) is 0 Å². The fourth-order valence-corrected chi connectivity index (χ4v) is 1.22. The van der Waals surface area contributed by atoms with E-state index in [1.807, 2.05) is 0 Å². The molecule has 84 valence electrons. The van der Waals surface area contributed by atoms with Gasteiger partial charge in [-0.25, -0.2) is 13.6 Å². The number of halogens is 3. The first kappa shape index (κ1) is 12.7. The highest BCUT2D eigenvalue weighted by Gasteiger charge is 2.06. The molecule has 0 spiro atoms. The number of rotatable bonds is 1. The molecule has 0 aromatic heterocycles. The maximum atomic E-state index is 13.2. The third-order valence-electron chi connectivity index (χ3n) is 1.58. The molecular formula is C11H7BrF2O2. The van der Waals surface area contributed by atoms with E-state index in [0.29, 0.717) is 0 Å². The van der Waals surface area contributed by atoms with Gasteiger partial charge in [0.25, 0.3) is 0 Å². The van der Waals surface area contributed by atoms with Crippen LogP contribution in [0.1, 0.15) is 12.5 Å². The van der Waals surface area contributed by atoms with Crippen molar-refractivity contribution in [3.63, 3.8) is 0 Å². The van der Waals surface area contributed by atoms with E-state index in [9.17, 15) is 13.6 Å². The molecule has 0 aliphatic heterocycles. The molecule has 0 aliphatic rings. The number of carbonyl (C=O) groups is 1. The topological polar surface area (TPSA) is 26.3 Å². The van der Waals surface area contributed by atoms with Crippen molar-refractivity contribution in [1.29, 1.82) is 0 Å². The average Bonchev–Trinajstić information content (AvgIpc) is 2.22. The Balaban J connectivity index is 2.97. The highest BCUT2D eigenvalue weighted by molar-refractivity contribution is 9.10. The second kappa shape index (κ2) is 5.61. The molecule has 16 heavy (non-hydrogen) atoms. The Morgan fingerprint density at radius 3 is 2.75 bits per heavy atom. The molecule has 0 aliphatic carbocycles. The lowest BCUT2D eigenvalue weighted by Crippen LogP contribution is -2.00. The standard InChI is InChI=1S/C11H7BrF2O2/c1-2-16-11(15)4-3-7-5-10(14)8(12)6-9(7)13/h5-6H,2H2,1H3. The molecule has 2 nitrogen and oxygen atoms in total. The van der Waals surface area contributed by atoms with Gasteiger partial charge in [-0.2, -0.15) is 0 Å². The average molecular weight is 289 g/mol. The van der Waals surface area contributed by atoms with E-state index in [-0.39, 0.29) is 16.6 Å². The van der Waals surface area contributed by atoms with Crippen LogP contribution in [0.5, 0.6) is 0 Å². The molecular weight excluding hydrogens is 282 g/mol. The molecule has 0 bridgehead atoms. The predicted molar refractivity (Wildman–Crippen MR) is 57.6 cm³/mol. The zero-order chi connectivity index (χ0) is 12.1. The lowest BCUT2D eigenvalue weighted by Gasteiger charge is -1.97. The Labute approximate surface area is 99.7 Å². The Morgan fingerprint density at radius 1 is 1.44 bits per heavy atom. The summed E-state index contributed by atoms with van der Waals surface area (Å²) in [6.07, 6.45) is 0. The van der Waals surface area contributed by atoms with Crippen molar-refractivity contribution in [3.8, 4) is 11.8 Å². The highest BCUT2D eigenvalue weighted by Crippen LogP contribution is 2.19. The molecule has 0 atom stereocenters. The molecule has 0 N–H and O–H groups in total. The monoisotopic (exact) mass is 288 g/mol. The van der Waals surface area contributed by atoms with E-state index >= 15 is 0 Å². The summed E-state index contributed by atoms with van der Waals surface area (Å²) in [5.74, 6) is 2.14. The van der Waals surface area contributed by atoms with Crippen molar-refractivity contribution < 1.29 is 18.3 Å². The summed E-state index contributed by atoms with van der Waals surface area (Å²) >= 11 is 2.83. The maximum Gasteiger partial charge on any atom is 0.384 e. The normalized spacial score (nSPS) is 9.25. The molecule has 0 unspecified atom stereocenters. The summed E-state index contributed by atoms with van der Waals surface area (Å²) < 4.78 is 30.8. The van der Waals surface area contributed by atoms with Crippen LogP contribution in [0.25, 0.3) is 0 Å². The zero-order valence-electron chi connectivity index (χ0n) is 8.31. The predicted octanol–water partition coefficient (Wildman–Crippen LogP) is 2.64. The summed E-state index contributed by atoms with van der Waals surface area (Å²) in [5.41, 5.74) is -0.186. The van der Waals surface area contributed by atoms with Crippen molar-refractivity contribution in [2.24, 2.45) is 0 Å². The van der Waals surface area contributed by atoms with Crippen LogP contribution in [-0.2, 0) is 9.53 Å². The molecule has 0 amide bonds. The maximum absolute atomic E-state index is 13.2. The van der Waals surface area contributed by atoms with E-state index in [1.165, 1.54) is 0 Å². The Hall–Kier alpha value is -1.41. The second-order valence-corrected chi connectivity index (χ2v) is 3.57. The molecule has 0 saturated carbocycles. The van der Waals surface area contributed by atoms with Gasteiger partial charge in [0.2, 0.25) is 0 Å². The van der Waals surface area contributed by atoms with Gasteiger partial charge in [-0.1, -0.05) is 5.92 Å². The number of hydrogen-bond donors (Lipinski definition) is 0. The number of esters is 1. The van der Waals surface area contributed by atoms with Gasteiger partial charge in [-0.3, -0.25) is 0 Å². The van der Waals surface area contributed by atoms with Crippen molar-refractivity contribution >= 4 is 21.9 Å². The number of benzene rings is 1. The van der Waals surface area contributed by atoms with Gasteiger partial charge in [0.15, 0.2) is 0 Å². The van der Waals surface area contributed by atoms with Gasteiger partial charge in [-0.05, 0) is 35.0 Å². The van der Waals surface area contributed by atoms with Crippen LogP contribution in [0.15, 0.2) is 16.6 Å². The molecule has 0 fully saturated rings. The largest absolute Gasteiger partial charge is 0.456 e. The third-order valence-corrected chi connectivity index (χ3v) is 2.19. The zero-order valence-corrected chi connectivity index (χ0v) is 9.90. The molecule has 0 heterocycles. The summed E-state index contributed by atoms with van der Waals surface area (Å²) in [5, 5.41) is 0. The minimum absolute atomic E-state index is 0.00619. The summed E-state index contributed by atoms with van der Waals surface area (Å²) in [7, 11) is 0. The molecule has 0 radical (unpaired) electrons. The summed E-state index contributed by atoms with van der Waals surface area (Å²) in [4.78, 5) is 10.9. The van der Waals surface area contributed by atoms with Crippen LogP contribution in [0.3, 0.4) is 0 Å². The Morgan fingerprint density at radius 2 is 2.12 bits per heavy atom. The molecule has 0 saturated heterocycles. The van der Waals surface area contributed by atoms with Gasteiger partial charge in [0.1, 0.15) is 11.6 Å². The Bertz CT molecular complexity index is 475. The van der Waals surface area contributed by atoms with E-state index in [1.54, 1.807) is 6.92 Å². The van der Waals surface area contributed by atoms with E-state index < -0.39 is 17.6 Å². The second-order valence-electron chi connectivity index (χ2n) is 2.72. The quantitative estimate of drug-likeness (QED) is 0.451. The van der Waals surface area contributed by atoms with Crippen LogP contribution >= 0.6 is 15.9 Å². The van der Waals surface area contributed by atoms with Gasteiger partial charge >= 0.3 is 5.97 Å². The lowest BCUT2D eigenvalue weighted by molar-refractivity contribution is -0.136. The first-order valence-electron chi connectivity index (χ1n) is 4.38. The minimum atomic E-state index is -0.773. The third kappa shape index (κ3) is 3.31. The summed E-state index contributed by atoms with van der Waals surface area (Å²) in [6, 6.07) is 1.86. The molecule has 1 aromatic carbocycles. The van der Waals surface area contributed by atoms with Crippen LogP contribution in [0, 0.1) is 23.5 Å². The van der Waals surface area contributed by atoms with Crippen molar-refractivity contribution in [1.82, 2.24) is 0 Å². The number of ether oxygens (including phenoxy) is 1. The minimum Gasteiger partial charge on any atom is -0.456 e. The van der Waals surface area contributed by atoms with E-state index in [0.717, 1.165) is 12.1 Å². The van der Waals surface area contributed by atoms with Crippen molar-refractivity contribution in [3.05, 3.63) is 33.8 Å². The lowest BCUT2D eigenvalue weighted by atomic mass is 10.2. The van der Waals surface area contributed by atoms with Crippen LogP contribution < -0.4 is 0 Å². The van der Waals surface area contributed by atoms with Crippen LogP contribution in [0.2, 0.25) is 0 Å². The van der Waals surface area contributed by atoms with Crippen LogP contribution in [0.4, 0.5) is 8.78 Å². The fourth-order valence-electron chi connectivity index (χ4n) is 0.904. The van der Waals surface area contributed by atoms with Crippen molar-refractivity contribution in [2.75, 3.05) is 6.61 Å². The first-order chi connectivity index (χ1) is 7.54. The first-order valence-corrected chi connectivity index (χ1v) is 5.17. The molecule has 1 rings (SSSR count). The van der Waals surface area contributed by atoms with Crippen molar-refractivity contribution in [2.45, 2.75) is 6.92 Å². The Kier molecular flexibility index (Phi) is 4.44. The highest BCUT2D eigenvalue weighted by atomic mass is 79.9. The van der Waals surface area contributed by atoms with Gasteiger partial charge in [0.05, 0.1) is 16.6 Å². The fraction of sp³-hybridized carbons (Fsp3) is 0.182. The smallest absolute Gasteiger partial charge is 0.384 e. The van der Waals surface area contributed by atoms with Gasteiger partial charge in [0, 0.05) is 5.92 Å². The number of hydrogen-bond acceptors (Lipinski definition) is 2. The molecule has 1 aromatic rings. The number of carbonyl (C=O) groups excluding carboxylic acids is 1. The summed E-state index contributed by atoms with van der Waals surface area (Å²) in [6.45, 7) is 1.81. The SMILES string of the molecule is CCOC(=O)C#Cc1cc(F)c(Br)cc1F.